The van der Waals surface area contributed by atoms with E-state index in [-0.39, 0.29) is 12.5 Å². The number of nitrogens with one attached hydrogen (secondary N) is 1. The van der Waals surface area contributed by atoms with Crippen LogP contribution in [0.1, 0.15) is 73.2 Å². The Hall–Kier alpha value is -1.87. The Kier molecular flexibility index (Phi) is 8.35. The lowest BCUT2D eigenvalue weighted by Gasteiger charge is -2.03. The summed E-state index contributed by atoms with van der Waals surface area (Å²) in [7, 11) is 0. The predicted octanol–water partition coefficient (Wildman–Crippen LogP) is 4.40. The molecule has 5 nitrogen and oxygen atoms in total. The molecule has 0 aliphatic rings. The SMILES string of the molecule is CCCCCCCC(=O)Nc1sc(C(=O)OCC)c(C)c1C#N. The lowest BCUT2D eigenvalue weighted by Crippen LogP contribution is -2.10. The zero-order valence-electron chi connectivity index (χ0n) is 14.0. The summed E-state index contributed by atoms with van der Waals surface area (Å²) >= 11 is 1.11. The average Bonchev–Trinajstić information content (AvgIpc) is 2.83. The molecule has 23 heavy (non-hydrogen) atoms. The van der Waals surface area contributed by atoms with Gasteiger partial charge in [-0.2, -0.15) is 5.26 Å². The van der Waals surface area contributed by atoms with Crippen LogP contribution < -0.4 is 5.32 Å². The minimum absolute atomic E-state index is 0.116. The van der Waals surface area contributed by atoms with Gasteiger partial charge in [-0.3, -0.25) is 4.79 Å². The van der Waals surface area contributed by atoms with Crippen molar-refractivity contribution in [3.63, 3.8) is 0 Å². The molecule has 1 aromatic heterocycles. The van der Waals surface area contributed by atoms with Crippen LogP contribution in [-0.4, -0.2) is 18.5 Å². The maximum atomic E-state index is 12.0. The van der Waals surface area contributed by atoms with Crippen LogP contribution >= 0.6 is 11.3 Å². The first kappa shape index (κ1) is 19.2. The maximum Gasteiger partial charge on any atom is 0.348 e. The van der Waals surface area contributed by atoms with Crippen LogP contribution in [0, 0.1) is 18.3 Å². The summed E-state index contributed by atoms with van der Waals surface area (Å²) in [5.74, 6) is -0.568. The number of hydrogen-bond acceptors (Lipinski definition) is 5. The topological polar surface area (TPSA) is 79.2 Å². The lowest BCUT2D eigenvalue weighted by molar-refractivity contribution is -0.116. The number of carbonyl (C=O) groups is 2. The molecule has 1 rings (SSSR count). The van der Waals surface area contributed by atoms with Gasteiger partial charge < -0.3 is 10.1 Å². The van der Waals surface area contributed by atoms with Crippen LogP contribution in [-0.2, 0) is 9.53 Å². The highest BCUT2D eigenvalue weighted by Crippen LogP contribution is 2.33. The highest BCUT2D eigenvalue weighted by Gasteiger charge is 2.22. The number of carbonyl (C=O) groups excluding carboxylic acids is 2. The first-order valence-corrected chi connectivity index (χ1v) is 8.87. The number of anilines is 1. The van der Waals surface area contributed by atoms with E-state index in [1.54, 1.807) is 13.8 Å². The van der Waals surface area contributed by atoms with Gasteiger partial charge in [0.15, 0.2) is 0 Å². The quantitative estimate of drug-likeness (QED) is 0.535. The van der Waals surface area contributed by atoms with Gasteiger partial charge in [-0.25, -0.2) is 4.79 Å². The second-order valence-electron chi connectivity index (χ2n) is 5.30. The molecule has 0 spiro atoms. The van der Waals surface area contributed by atoms with Crippen LogP contribution in [0.2, 0.25) is 0 Å². The Morgan fingerprint density at radius 2 is 1.91 bits per heavy atom. The Morgan fingerprint density at radius 1 is 1.22 bits per heavy atom. The van der Waals surface area contributed by atoms with Crippen LogP contribution in [0.3, 0.4) is 0 Å². The normalized spacial score (nSPS) is 10.2. The summed E-state index contributed by atoms with van der Waals surface area (Å²) in [5.41, 5.74) is 0.909. The van der Waals surface area contributed by atoms with E-state index in [1.807, 2.05) is 0 Å². The molecular formula is C17H24N2O3S. The van der Waals surface area contributed by atoms with E-state index in [4.69, 9.17) is 4.74 Å². The summed E-state index contributed by atoms with van der Waals surface area (Å²) in [4.78, 5) is 24.2. The predicted molar refractivity (Wildman–Crippen MR) is 91.7 cm³/mol. The molecule has 0 fully saturated rings. The van der Waals surface area contributed by atoms with Gasteiger partial charge in [0.05, 0.1) is 12.2 Å². The van der Waals surface area contributed by atoms with Crippen molar-refractivity contribution in [2.75, 3.05) is 11.9 Å². The average molecular weight is 336 g/mol. The molecule has 0 aliphatic carbocycles. The lowest BCUT2D eigenvalue weighted by atomic mass is 10.1. The molecule has 0 radical (unpaired) electrons. The maximum absolute atomic E-state index is 12.0. The van der Waals surface area contributed by atoms with Crippen molar-refractivity contribution in [3.05, 3.63) is 16.0 Å². The number of hydrogen-bond donors (Lipinski definition) is 1. The number of nitrogens with zero attached hydrogens (tertiary/aromatic N) is 1. The molecule has 0 unspecified atom stereocenters. The second kappa shape index (κ2) is 10.0. The molecule has 0 aliphatic heterocycles. The number of esters is 1. The van der Waals surface area contributed by atoms with Crippen molar-refractivity contribution < 1.29 is 14.3 Å². The number of thiophene rings is 1. The van der Waals surface area contributed by atoms with Crippen molar-refractivity contribution in [3.8, 4) is 6.07 Å². The third kappa shape index (κ3) is 5.68. The number of unbranched alkanes of at least 4 members (excludes halogenated alkanes) is 4. The minimum Gasteiger partial charge on any atom is -0.462 e. The second-order valence-corrected chi connectivity index (χ2v) is 6.33. The molecule has 0 aromatic carbocycles. The zero-order valence-corrected chi connectivity index (χ0v) is 14.8. The molecular weight excluding hydrogens is 312 g/mol. The van der Waals surface area contributed by atoms with Gasteiger partial charge in [-0.1, -0.05) is 32.6 Å². The summed E-state index contributed by atoms with van der Waals surface area (Å²) in [6.45, 7) is 5.85. The van der Waals surface area contributed by atoms with Gasteiger partial charge in [0.2, 0.25) is 5.91 Å². The molecule has 126 valence electrons. The van der Waals surface area contributed by atoms with Crippen LogP contribution in [0.5, 0.6) is 0 Å². The highest BCUT2D eigenvalue weighted by atomic mass is 32.1. The van der Waals surface area contributed by atoms with E-state index in [2.05, 4.69) is 18.3 Å². The smallest absolute Gasteiger partial charge is 0.348 e. The highest BCUT2D eigenvalue weighted by molar-refractivity contribution is 7.18. The zero-order chi connectivity index (χ0) is 17.2. The molecule has 0 saturated heterocycles. The van der Waals surface area contributed by atoms with Crippen molar-refractivity contribution in [2.45, 2.75) is 59.3 Å². The number of nitriles is 1. The van der Waals surface area contributed by atoms with E-state index in [1.165, 1.54) is 12.8 Å². The molecule has 1 amide bonds. The van der Waals surface area contributed by atoms with E-state index < -0.39 is 5.97 Å². The standard InChI is InChI=1S/C17H24N2O3S/c1-4-6-7-8-9-10-14(20)19-16-13(11-18)12(3)15(23-16)17(21)22-5-2/h4-10H2,1-3H3,(H,19,20). The molecule has 1 heterocycles. The van der Waals surface area contributed by atoms with Gasteiger partial charge in [0, 0.05) is 6.42 Å². The molecule has 0 saturated carbocycles. The Bertz CT molecular complexity index is 587. The molecule has 1 aromatic rings. The Morgan fingerprint density at radius 3 is 2.52 bits per heavy atom. The summed E-state index contributed by atoms with van der Waals surface area (Å²) in [6, 6.07) is 2.06. The first-order valence-electron chi connectivity index (χ1n) is 8.05. The van der Waals surface area contributed by atoms with Gasteiger partial charge in [-0.15, -0.1) is 11.3 Å². The largest absolute Gasteiger partial charge is 0.462 e. The summed E-state index contributed by atoms with van der Waals surface area (Å²) in [6.07, 6.45) is 5.79. The van der Waals surface area contributed by atoms with E-state index in [0.717, 1.165) is 30.6 Å². The van der Waals surface area contributed by atoms with E-state index in [0.29, 0.717) is 27.4 Å². The van der Waals surface area contributed by atoms with E-state index in [9.17, 15) is 14.9 Å². The number of amides is 1. The molecule has 0 atom stereocenters. The van der Waals surface area contributed by atoms with Crippen LogP contribution in [0.4, 0.5) is 5.00 Å². The molecule has 0 bridgehead atoms. The van der Waals surface area contributed by atoms with Gasteiger partial charge in [-0.05, 0) is 25.8 Å². The fourth-order valence-electron chi connectivity index (χ4n) is 2.21. The van der Waals surface area contributed by atoms with Gasteiger partial charge in [0.1, 0.15) is 15.9 Å². The van der Waals surface area contributed by atoms with Crippen molar-refractivity contribution >= 4 is 28.2 Å². The monoisotopic (exact) mass is 336 g/mol. The van der Waals surface area contributed by atoms with E-state index >= 15 is 0 Å². The fraction of sp³-hybridized carbons (Fsp3) is 0.588. The molecule has 6 heteroatoms. The Balaban J connectivity index is 2.69. The van der Waals surface area contributed by atoms with Crippen LogP contribution in [0.15, 0.2) is 0 Å². The summed E-state index contributed by atoms with van der Waals surface area (Å²) in [5, 5.41) is 12.5. The fourth-order valence-corrected chi connectivity index (χ4v) is 3.27. The Labute approximate surface area is 141 Å². The number of ether oxygens (including phenoxy) is 1. The van der Waals surface area contributed by atoms with Crippen molar-refractivity contribution in [1.82, 2.24) is 0 Å². The van der Waals surface area contributed by atoms with Crippen molar-refractivity contribution in [2.24, 2.45) is 0 Å². The van der Waals surface area contributed by atoms with Gasteiger partial charge in [0.25, 0.3) is 0 Å². The summed E-state index contributed by atoms with van der Waals surface area (Å²) < 4.78 is 4.98. The van der Waals surface area contributed by atoms with Crippen LogP contribution in [0.25, 0.3) is 0 Å². The minimum atomic E-state index is -0.452. The third-order valence-electron chi connectivity index (χ3n) is 3.48. The molecule has 1 N–H and O–H groups in total. The third-order valence-corrected chi connectivity index (χ3v) is 4.67. The first-order chi connectivity index (χ1) is 11.0. The van der Waals surface area contributed by atoms with Crippen molar-refractivity contribution in [1.29, 1.82) is 5.26 Å². The van der Waals surface area contributed by atoms with Gasteiger partial charge >= 0.3 is 5.97 Å². The number of rotatable bonds is 9.